The van der Waals surface area contributed by atoms with Crippen LogP contribution < -0.4 is 0 Å². The summed E-state index contributed by atoms with van der Waals surface area (Å²) in [6.07, 6.45) is 4.13. The van der Waals surface area contributed by atoms with Gasteiger partial charge in [-0.3, -0.25) is 9.78 Å². The molecule has 2 rings (SSSR count). The van der Waals surface area contributed by atoms with Crippen molar-refractivity contribution >= 4 is 6.29 Å². The van der Waals surface area contributed by atoms with E-state index in [4.69, 9.17) is 4.42 Å². The highest BCUT2D eigenvalue weighted by Gasteiger charge is 2.07. The summed E-state index contributed by atoms with van der Waals surface area (Å²) in [5, 5.41) is 0. The van der Waals surface area contributed by atoms with Gasteiger partial charge < -0.3 is 4.42 Å². The van der Waals surface area contributed by atoms with E-state index < -0.39 is 0 Å². The van der Waals surface area contributed by atoms with Gasteiger partial charge in [0, 0.05) is 18.0 Å². The third-order valence-corrected chi connectivity index (χ3v) is 2.04. The van der Waals surface area contributed by atoms with Gasteiger partial charge in [0.15, 0.2) is 12.0 Å². The Morgan fingerprint density at radius 1 is 1.36 bits per heavy atom. The molecule has 3 heteroatoms. The molecule has 0 bridgehead atoms. The predicted molar refractivity (Wildman–Crippen MR) is 52.1 cm³/mol. The molecular weight excluding hydrogens is 178 g/mol. The molecule has 0 aromatic carbocycles. The average Bonchev–Trinajstić information content (AvgIpc) is 2.61. The van der Waals surface area contributed by atoms with Gasteiger partial charge in [-0.25, -0.2) is 0 Å². The first kappa shape index (κ1) is 8.69. The fourth-order valence-electron chi connectivity index (χ4n) is 1.38. The topological polar surface area (TPSA) is 43.1 Å². The van der Waals surface area contributed by atoms with Crippen LogP contribution in [0, 0.1) is 6.92 Å². The second-order valence-corrected chi connectivity index (χ2v) is 2.97. The molecule has 70 valence electrons. The predicted octanol–water partition coefficient (Wildman–Crippen LogP) is 2.46. The second-order valence-electron chi connectivity index (χ2n) is 2.97. The Labute approximate surface area is 81.4 Å². The number of aldehydes is 1. The van der Waals surface area contributed by atoms with E-state index in [1.807, 2.05) is 19.1 Å². The highest BCUT2D eigenvalue weighted by Crippen LogP contribution is 2.25. The van der Waals surface area contributed by atoms with E-state index in [-0.39, 0.29) is 0 Å². The summed E-state index contributed by atoms with van der Waals surface area (Å²) >= 11 is 0. The first-order valence-corrected chi connectivity index (χ1v) is 4.27. The lowest BCUT2D eigenvalue weighted by Gasteiger charge is -1.95. The van der Waals surface area contributed by atoms with Gasteiger partial charge >= 0.3 is 0 Å². The number of furan rings is 1. The Kier molecular flexibility index (Phi) is 2.14. The number of hydrogen-bond acceptors (Lipinski definition) is 3. The standard InChI is InChI=1S/C11H9NO2/c1-8-11(6-10(7-13)14-8)9-2-4-12-5-3-9/h2-7H,1H3. The molecule has 0 aliphatic carbocycles. The van der Waals surface area contributed by atoms with Gasteiger partial charge in [-0.1, -0.05) is 0 Å². The first-order chi connectivity index (χ1) is 6.81. The van der Waals surface area contributed by atoms with Crippen molar-refractivity contribution in [2.24, 2.45) is 0 Å². The van der Waals surface area contributed by atoms with Gasteiger partial charge in [0.2, 0.25) is 0 Å². The molecule has 2 aromatic heterocycles. The van der Waals surface area contributed by atoms with Crippen molar-refractivity contribution in [2.75, 3.05) is 0 Å². The molecule has 2 aromatic rings. The van der Waals surface area contributed by atoms with Crippen LogP contribution in [0.3, 0.4) is 0 Å². The summed E-state index contributed by atoms with van der Waals surface area (Å²) < 4.78 is 5.23. The van der Waals surface area contributed by atoms with Gasteiger partial charge in [-0.2, -0.15) is 0 Å². The molecular formula is C11H9NO2. The number of carbonyl (C=O) groups excluding carboxylic acids is 1. The van der Waals surface area contributed by atoms with E-state index in [9.17, 15) is 4.79 Å². The van der Waals surface area contributed by atoms with E-state index in [2.05, 4.69) is 4.98 Å². The lowest BCUT2D eigenvalue weighted by molar-refractivity contribution is 0.109. The molecule has 2 heterocycles. The quantitative estimate of drug-likeness (QED) is 0.678. The minimum Gasteiger partial charge on any atom is -0.458 e. The monoisotopic (exact) mass is 187 g/mol. The van der Waals surface area contributed by atoms with E-state index in [1.54, 1.807) is 18.5 Å². The fourth-order valence-corrected chi connectivity index (χ4v) is 1.38. The van der Waals surface area contributed by atoms with E-state index in [0.717, 1.165) is 16.9 Å². The molecule has 0 unspecified atom stereocenters. The highest BCUT2D eigenvalue weighted by atomic mass is 16.3. The fraction of sp³-hybridized carbons (Fsp3) is 0.0909. The molecule has 0 atom stereocenters. The molecule has 0 saturated heterocycles. The molecule has 14 heavy (non-hydrogen) atoms. The van der Waals surface area contributed by atoms with Crippen molar-refractivity contribution < 1.29 is 9.21 Å². The first-order valence-electron chi connectivity index (χ1n) is 4.27. The summed E-state index contributed by atoms with van der Waals surface area (Å²) in [6, 6.07) is 5.50. The Bertz CT molecular complexity index is 446. The molecule has 0 amide bonds. The van der Waals surface area contributed by atoms with Crippen LogP contribution in [0.5, 0.6) is 0 Å². The van der Waals surface area contributed by atoms with Crippen molar-refractivity contribution in [3.05, 3.63) is 42.1 Å². The zero-order valence-electron chi connectivity index (χ0n) is 7.73. The number of aromatic nitrogens is 1. The summed E-state index contributed by atoms with van der Waals surface area (Å²) in [7, 11) is 0. The van der Waals surface area contributed by atoms with Crippen molar-refractivity contribution in [3.8, 4) is 11.1 Å². The average molecular weight is 187 g/mol. The van der Waals surface area contributed by atoms with Crippen molar-refractivity contribution in [1.82, 2.24) is 4.98 Å². The maximum absolute atomic E-state index is 10.5. The number of nitrogens with zero attached hydrogens (tertiary/aromatic N) is 1. The van der Waals surface area contributed by atoms with Crippen LogP contribution in [0.2, 0.25) is 0 Å². The Morgan fingerprint density at radius 2 is 2.07 bits per heavy atom. The Hall–Kier alpha value is -1.90. The van der Waals surface area contributed by atoms with Crippen LogP contribution >= 0.6 is 0 Å². The van der Waals surface area contributed by atoms with Crippen LogP contribution in [0.25, 0.3) is 11.1 Å². The number of aryl methyl sites for hydroxylation is 1. The lowest BCUT2D eigenvalue weighted by Crippen LogP contribution is -1.77. The van der Waals surface area contributed by atoms with Crippen LogP contribution in [-0.4, -0.2) is 11.3 Å². The van der Waals surface area contributed by atoms with Gasteiger partial charge in [0.25, 0.3) is 0 Å². The van der Waals surface area contributed by atoms with Crippen LogP contribution in [0.15, 0.2) is 35.0 Å². The molecule has 0 aliphatic rings. The van der Waals surface area contributed by atoms with Crippen molar-refractivity contribution in [3.63, 3.8) is 0 Å². The van der Waals surface area contributed by atoms with Crippen LogP contribution in [-0.2, 0) is 0 Å². The minimum absolute atomic E-state index is 0.356. The number of pyridine rings is 1. The molecule has 0 fully saturated rings. The number of carbonyl (C=O) groups is 1. The molecule has 0 N–H and O–H groups in total. The number of hydrogen-bond donors (Lipinski definition) is 0. The third kappa shape index (κ3) is 1.44. The smallest absolute Gasteiger partial charge is 0.185 e. The summed E-state index contributed by atoms with van der Waals surface area (Å²) in [4.78, 5) is 14.4. The van der Waals surface area contributed by atoms with E-state index in [1.165, 1.54) is 0 Å². The lowest BCUT2D eigenvalue weighted by atomic mass is 10.1. The van der Waals surface area contributed by atoms with Gasteiger partial charge in [0.1, 0.15) is 5.76 Å². The zero-order chi connectivity index (χ0) is 9.97. The van der Waals surface area contributed by atoms with E-state index in [0.29, 0.717) is 12.0 Å². The summed E-state index contributed by atoms with van der Waals surface area (Å²) in [5.74, 6) is 1.10. The zero-order valence-corrected chi connectivity index (χ0v) is 7.73. The molecule has 3 nitrogen and oxygen atoms in total. The van der Waals surface area contributed by atoms with Gasteiger partial charge in [-0.05, 0) is 30.7 Å². The molecule has 0 radical (unpaired) electrons. The van der Waals surface area contributed by atoms with Gasteiger partial charge in [0.05, 0.1) is 0 Å². The van der Waals surface area contributed by atoms with Gasteiger partial charge in [-0.15, -0.1) is 0 Å². The minimum atomic E-state index is 0.356. The maximum atomic E-state index is 10.5. The normalized spacial score (nSPS) is 10.1. The van der Waals surface area contributed by atoms with Crippen molar-refractivity contribution in [2.45, 2.75) is 6.92 Å². The number of rotatable bonds is 2. The third-order valence-electron chi connectivity index (χ3n) is 2.04. The maximum Gasteiger partial charge on any atom is 0.185 e. The Morgan fingerprint density at radius 3 is 2.64 bits per heavy atom. The van der Waals surface area contributed by atoms with Crippen LogP contribution in [0.4, 0.5) is 0 Å². The summed E-state index contributed by atoms with van der Waals surface area (Å²) in [5.41, 5.74) is 1.95. The highest BCUT2D eigenvalue weighted by molar-refractivity contribution is 5.76. The molecule has 0 saturated carbocycles. The second kappa shape index (κ2) is 3.46. The molecule has 0 spiro atoms. The molecule has 0 aliphatic heterocycles. The van der Waals surface area contributed by atoms with Crippen molar-refractivity contribution in [1.29, 1.82) is 0 Å². The van der Waals surface area contributed by atoms with Crippen LogP contribution in [0.1, 0.15) is 16.3 Å². The Balaban J connectivity index is 2.51. The largest absolute Gasteiger partial charge is 0.458 e. The summed E-state index contributed by atoms with van der Waals surface area (Å²) in [6.45, 7) is 1.84. The van der Waals surface area contributed by atoms with E-state index >= 15 is 0 Å². The SMILES string of the molecule is Cc1oc(C=O)cc1-c1ccncc1.